The molecule has 0 radical (unpaired) electrons. The molecule has 2 atom stereocenters. The van der Waals surface area contributed by atoms with Gasteiger partial charge in [0.05, 0.1) is 6.54 Å². The van der Waals surface area contributed by atoms with E-state index in [1.807, 2.05) is 0 Å². The quantitative estimate of drug-likeness (QED) is 0.679. The Kier molecular flexibility index (Phi) is 2.54. The first kappa shape index (κ1) is 9.00. The van der Waals surface area contributed by atoms with Crippen LogP contribution < -0.4 is 5.73 Å². The fourth-order valence-corrected chi connectivity index (χ4v) is 2.85. The number of nitrogens with two attached hydrogens (primary N) is 1. The van der Waals surface area contributed by atoms with E-state index in [0.29, 0.717) is 6.54 Å². The minimum atomic E-state index is -0.182. The summed E-state index contributed by atoms with van der Waals surface area (Å²) in [6.45, 7) is 2.67. The van der Waals surface area contributed by atoms with Gasteiger partial charge in [-0.2, -0.15) is 0 Å². The summed E-state index contributed by atoms with van der Waals surface area (Å²) in [6.07, 6.45) is 5.48. The number of likely N-dealkylation sites (tertiary alicyclic amines) is 1. The van der Waals surface area contributed by atoms with E-state index in [0.717, 1.165) is 24.9 Å². The second-order valence-corrected chi connectivity index (χ2v) is 4.47. The molecule has 1 heterocycles. The first-order chi connectivity index (χ1) is 6.25. The molecule has 1 aliphatic heterocycles. The van der Waals surface area contributed by atoms with Crippen LogP contribution in [0, 0.1) is 11.8 Å². The number of hydrogen-bond acceptors (Lipinski definition) is 2. The van der Waals surface area contributed by atoms with Crippen LogP contribution in [-0.4, -0.2) is 30.4 Å². The Bertz CT molecular complexity index is 191. The molecule has 2 N–H and O–H groups in total. The number of hydrogen-bond donors (Lipinski definition) is 1. The van der Waals surface area contributed by atoms with Gasteiger partial charge in [0, 0.05) is 13.1 Å². The van der Waals surface area contributed by atoms with E-state index >= 15 is 0 Å². The SMILES string of the molecule is NC(=O)CN1CC2CCCCC2C1. The van der Waals surface area contributed by atoms with E-state index in [9.17, 15) is 4.79 Å². The van der Waals surface area contributed by atoms with Crippen molar-refractivity contribution in [2.75, 3.05) is 19.6 Å². The molecule has 0 aromatic rings. The second-order valence-electron chi connectivity index (χ2n) is 4.47. The molecule has 1 amide bonds. The van der Waals surface area contributed by atoms with Gasteiger partial charge in [0.2, 0.25) is 5.91 Å². The van der Waals surface area contributed by atoms with E-state index in [1.54, 1.807) is 0 Å². The molecular formula is C10H18N2O. The topological polar surface area (TPSA) is 46.3 Å². The van der Waals surface area contributed by atoms with E-state index < -0.39 is 0 Å². The van der Waals surface area contributed by atoms with E-state index in [-0.39, 0.29) is 5.91 Å². The highest BCUT2D eigenvalue weighted by atomic mass is 16.1. The average molecular weight is 182 g/mol. The Balaban J connectivity index is 1.87. The molecule has 3 heteroatoms. The Labute approximate surface area is 79.3 Å². The average Bonchev–Trinajstić information content (AvgIpc) is 2.44. The van der Waals surface area contributed by atoms with Crippen molar-refractivity contribution in [3.63, 3.8) is 0 Å². The number of nitrogens with zero attached hydrogens (tertiary/aromatic N) is 1. The van der Waals surface area contributed by atoms with Gasteiger partial charge in [-0.3, -0.25) is 9.69 Å². The molecule has 74 valence electrons. The summed E-state index contributed by atoms with van der Waals surface area (Å²) >= 11 is 0. The number of fused-ring (bicyclic) bond motifs is 1. The molecule has 2 fully saturated rings. The first-order valence-corrected chi connectivity index (χ1v) is 5.26. The number of rotatable bonds is 2. The molecule has 1 aliphatic carbocycles. The van der Waals surface area contributed by atoms with Gasteiger partial charge < -0.3 is 5.73 Å². The summed E-state index contributed by atoms with van der Waals surface area (Å²) in [7, 11) is 0. The molecule has 13 heavy (non-hydrogen) atoms. The van der Waals surface area contributed by atoms with Crippen molar-refractivity contribution in [2.45, 2.75) is 25.7 Å². The first-order valence-electron chi connectivity index (χ1n) is 5.26. The largest absolute Gasteiger partial charge is 0.369 e. The molecule has 0 aromatic carbocycles. The monoisotopic (exact) mass is 182 g/mol. The Morgan fingerprint density at radius 1 is 1.23 bits per heavy atom. The van der Waals surface area contributed by atoms with Crippen molar-refractivity contribution in [3.8, 4) is 0 Å². The zero-order chi connectivity index (χ0) is 9.26. The summed E-state index contributed by atoms with van der Waals surface area (Å²) in [5.41, 5.74) is 5.18. The lowest BCUT2D eigenvalue weighted by Gasteiger charge is -2.23. The lowest BCUT2D eigenvalue weighted by molar-refractivity contribution is -0.118. The van der Waals surface area contributed by atoms with Crippen molar-refractivity contribution >= 4 is 5.91 Å². The van der Waals surface area contributed by atoms with Crippen molar-refractivity contribution in [1.82, 2.24) is 4.90 Å². The van der Waals surface area contributed by atoms with E-state index in [4.69, 9.17) is 5.73 Å². The maximum Gasteiger partial charge on any atom is 0.231 e. The maximum atomic E-state index is 10.7. The predicted molar refractivity (Wildman–Crippen MR) is 51.1 cm³/mol. The van der Waals surface area contributed by atoms with Gasteiger partial charge in [-0.05, 0) is 24.7 Å². The smallest absolute Gasteiger partial charge is 0.231 e. The van der Waals surface area contributed by atoms with Gasteiger partial charge in [-0.1, -0.05) is 12.8 Å². The zero-order valence-corrected chi connectivity index (χ0v) is 8.04. The van der Waals surface area contributed by atoms with Gasteiger partial charge >= 0.3 is 0 Å². The van der Waals surface area contributed by atoms with Crippen LogP contribution in [0.25, 0.3) is 0 Å². The Morgan fingerprint density at radius 3 is 2.23 bits per heavy atom. The van der Waals surface area contributed by atoms with Gasteiger partial charge in [0.1, 0.15) is 0 Å². The number of amides is 1. The van der Waals surface area contributed by atoms with Gasteiger partial charge in [-0.25, -0.2) is 0 Å². The molecule has 0 bridgehead atoms. The summed E-state index contributed by atoms with van der Waals surface area (Å²) in [5, 5.41) is 0. The van der Waals surface area contributed by atoms with Crippen LogP contribution in [-0.2, 0) is 4.79 Å². The molecule has 2 rings (SSSR count). The molecule has 0 aromatic heterocycles. The minimum Gasteiger partial charge on any atom is -0.369 e. The van der Waals surface area contributed by atoms with Crippen LogP contribution in [0.2, 0.25) is 0 Å². The lowest BCUT2D eigenvalue weighted by atomic mass is 9.82. The number of carbonyl (C=O) groups excluding carboxylic acids is 1. The summed E-state index contributed by atoms with van der Waals surface area (Å²) in [5.74, 6) is 1.53. The van der Waals surface area contributed by atoms with Crippen LogP contribution in [0.3, 0.4) is 0 Å². The highest BCUT2D eigenvalue weighted by Gasteiger charge is 2.34. The maximum absolute atomic E-state index is 10.7. The van der Waals surface area contributed by atoms with E-state index in [1.165, 1.54) is 25.7 Å². The Hall–Kier alpha value is -0.570. The second kappa shape index (κ2) is 3.66. The van der Waals surface area contributed by atoms with Crippen molar-refractivity contribution in [1.29, 1.82) is 0 Å². The predicted octanol–water partition coefficient (Wildman–Crippen LogP) is 0.594. The van der Waals surface area contributed by atoms with E-state index in [2.05, 4.69) is 4.90 Å². The fraction of sp³-hybridized carbons (Fsp3) is 0.900. The third-order valence-electron chi connectivity index (χ3n) is 3.43. The third kappa shape index (κ3) is 2.02. The van der Waals surface area contributed by atoms with Crippen molar-refractivity contribution in [3.05, 3.63) is 0 Å². The lowest BCUT2D eigenvalue weighted by Crippen LogP contribution is -2.32. The molecule has 1 saturated heterocycles. The molecular weight excluding hydrogens is 164 g/mol. The van der Waals surface area contributed by atoms with Gasteiger partial charge in [0.15, 0.2) is 0 Å². The summed E-state index contributed by atoms with van der Waals surface area (Å²) < 4.78 is 0. The normalized spacial score (nSPS) is 34.5. The summed E-state index contributed by atoms with van der Waals surface area (Å²) in [4.78, 5) is 13.0. The molecule has 2 aliphatic rings. The van der Waals surface area contributed by atoms with Crippen LogP contribution >= 0.6 is 0 Å². The third-order valence-corrected chi connectivity index (χ3v) is 3.43. The highest BCUT2D eigenvalue weighted by Crippen LogP contribution is 2.35. The van der Waals surface area contributed by atoms with Crippen LogP contribution in [0.4, 0.5) is 0 Å². The molecule has 2 unspecified atom stereocenters. The number of primary amides is 1. The van der Waals surface area contributed by atoms with Crippen molar-refractivity contribution in [2.24, 2.45) is 17.6 Å². The fourth-order valence-electron chi connectivity index (χ4n) is 2.85. The van der Waals surface area contributed by atoms with Crippen LogP contribution in [0.1, 0.15) is 25.7 Å². The van der Waals surface area contributed by atoms with Crippen molar-refractivity contribution < 1.29 is 4.79 Å². The molecule has 3 nitrogen and oxygen atoms in total. The van der Waals surface area contributed by atoms with Gasteiger partial charge in [0.25, 0.3) is 0 Å². The van der Waals surface area contributed by atoms with Gasteiger partial charge in [-0.15, -0.1) is 0 Å². The van der Waals surface area contributed by atoms with Crippen LogP contribution in [0.15, 0.2) is 0 Å². The standard InChI is InChI=1S/C10H18N2O/c11-10(13)7-12-5-8-3-1-2-4-9(8)6-12/h8-9H,1-7H2,(H2,11,13). The summed E-state index contributed by atoms with van der Waals surface area (Å²) in [6, 6.07) is 0. The van der Waals surface area contributed by atoms with Crippen LogP contribution in [0.5, 0.6) is 0 Å². The zero-order valence-electron chi connectivity index (χ0n) is 8.04. The molecule has 0 spiro atoms. The number of carbonyl (C=O) groups is 1. The molecule has 1 saturated carbocycles. The Morgan fingerprint density at radius 2 is 1.77 bits per heavy atom. The minimum absolute atomic E-state index is 0.182. The highest BCUT2D eigenvalue weighted by molar-refractivity contribution is 5.75.